The van der Waals surface area contributed by atoms with Gasteiger partial charge >= 0.3 is 7.24 Å². The highest BCUT2D eigenvalue weighted by molar-refractivity contribution is 7.69. The van der Waals surface area contributed by atoms with E-state index in [1.807, 2.05) is 0 Å². The molecule has 0 aromatic carbocycles. The largest absolute Gasteiger partial charge is 0.354 e. The molecule has 0 radical (unpaired) electrons. The molecule has 0 aliphatic heterocycles. The third-order valence-corrected chi connectivity index (χ3v) is 0.327. The number of hydrogen-bond donors (Lipinski definition) is 0. The fourth-order valence-corrected chi connectivity index (χ4v) is 0. The monoisotopic (exact) mass is 79.0 g/mol. The van der Waals surface area contributed by atoms with Gasteiger partial charge in [0.25, 0.3) is 0 Å². The van der Waals surface area contributed by atoms with Gasteiger partial charge in [0.15, 0.2) is 0 Å². The molecule has 0 aromatic rings. The minimum absolute atomic E-state index is 0.114. The maximum Gasteiger partial charge on any atom is 0.354 e. The van der Waals surface area contributed by atoms with E-state index in [1.54, 1.807) is 6.66 Å². The zero-order chi connectivity index (χ0) is 4.28. The lowest BCUT2D eigenvalue weighted by Gasteiger charge is -1.61. The van der Waals surface area contributed by atoms with Crippen molar-refractivity contribution in [3.63, 3.8) is 0 Å². The van der Waals surface area contributed by atoms with E-state index in [2.05, 4.69) is 0 Å². The van der Waals surface area contributed by atoms with Crippen molar-refractivity contribution in [1.82, 2.24) is 0 Å². The molecular formula is CH5BFP. The number of halogens is 1. The van der Waals surface area contributed by atoms with Crippen molar-refractivity contribution in [3.8, 4) is 0 Å². The molecular weight excluding hydrogens is 72.8 g/mol. The Labute approximate surface area is 29.2 Å². The molecule has 0 aromatic heterocycles. The second-order valence-electron chi connectivity index (χ2n) is 0.398. The average Bonchev–Trinajstić information content (AvgIpc) is 1.38. The van der Waals surface area contributed by atoms with Crippen LogP contribution in [0.5, 0.6) is 0 Å². The second kappa shape index (κ2) is 3.42. The van der Waals surface area contributed by atoms with Gasteiger partial charge in [-0.1, -0.05) is 6.66 Å². The summed E-state index contributed by atoms with van der Waals surface area (Å²) in [6.07, 6.45) is 0. The van der Waals surface area contributed by atoms with E-state index >= 15 is 0 Å². The summed E-state index contributed by atoms with van der Waals surface area (Å²) in [5, 5.41) is 0. The smallest absolute Gasteiger partial charge is 0.335 e. The molecule has 0 bridgehead atoms. The van der Waals surface area contributed by atoms with E-state index in [9.17, 15) is 4.32 Å². The van der Waals surface area contributed by atoms with Gasteiger partial charge in [-0.25, -0.2) is 0 Å². The van der Waals surface area contributed by atoms with Crippen LogP contribution in [0.1, 0.15) is 0 Å². The van der Waals surface area contributed by atoms with Gasteiger partial charge in [0.2, 0.25) is 0 Å². The topological polar surface area (TPSA) is 0 Å². The molecule has 3 heteroatoms. The Morgan fingerprint density at radius 1 is 2.50 bits per heavy atom. The van der Waals surface area contributed by atoms with E-state index in [-0.39, 0.29) is 8.46 Å². The molecule has 0 fully saturated rings. The fourth-order valence-electron chi connectivity index (χ4n) is 0. The van der Waals surface area contributed by atoms with Crippen molar-refractivity contribution in [3.05, 3.63) is 0 Å². The maximum absolute atomic E-state index is 11.1. The summed E-state index contributed by atoms with van der Waals surface area (Å²) in [6, 6.07) is 0. The minimum atomic E-state index is -1.34. The summed E-state index contributed by atoms with van der Waals surface area (Å²) in [6.45, 7) is 1.66. The molecule has 0 amide bonds. The summed E-state index contributed by atoms with van der Waals surface area (Å²) in [4.78, 5) is 0. The summed E-state index contributed by atoms with van der Waals surface area (Å²) in [5.74, 6) is 0. The number of rotatable bonds is 1. The van der Waals surface area contributed by atoms with Crippen molar-refractivity contribution in [2.75, 3.05) is 6.66 Å². The third kappa shape index (κ3) is 2.42. The second-order valence-corrected chi connectivity index (χ2v) is 1.19. The van der Waals surface area contributed by atoms with Crippen LogP contribution in [-0.4, -0.2) is 15.2 Å². The van der Waals surface area contributed by atoms with Crippen LogP contribution < -0.4 is 0 Å². The molecule has 0 heterocycles. The molecule has 0 saturated heterocycles. The fraction of sp³-hybridized carbons (Fsp3) is 1.00. The van der Waals surface area contributed by atoms with Crippen LogP contribution in [-0.2, 0) is 0 Å². The lowest BCUT2D eigenvalue weighted by Crippen LogP contribution is -1.52. The lowest BCUT2D eigenvalue weighted by molar-refractivity contribution is 0.894. The highest BCUT2D eigenvalue weighted by Crippen LogP contribution is 1.93. The van der Waals surface area contributed by atoms with Crippen LogP contribution in [0.2, 0.25) is 0 Å². The van der Waals surface area contributed by atoms with Gasteiger partial charge in [-0.3, -0.25) is 0 Å². The highest BCUT2D eigenvalue weighted by Gasteiger charge is 1.67. The molecule has 0 rings (SSSR count). The summed E-state index contributed by atoms with van der Waals surface area (Å²) >= 11 is 0. The van der Waals surface area contributed by atoms with Crippen LogP contribution in [0, 0.1) is 0 Å². The van der Waals surface area contributed by atoms with Crippen molar-refractivity contribution >= 4 is 15.7 Å². The van der Waals surface area contributed by atoms with Crippen molar-refractivity contribution in [2.24, 2.45) is 0 Å². The molecule has 1 atom stereocenters. The Morgan fingerprint density at radius 2 is 2.75 bits per heavy atom. The van der Waals surface area contributed by atoms with E-state index in [1.165, 1.54) is 0 Å². The standard InChI is InChI=1S/CH5BFP/c1-4-2-3/h2,4H,1H3/i2D. The van der Waals surface area contributed by atoms with Gasteiger partial charge in [-0.15, -0.1) is 8.46 Å². The first-order valence-electron chi connectivity index (χ1n) is 1.58. The lowest BCUT2D eigenvalue weighted by atomic mass is 10.6. The third-order valence-electron chi connectivity index (χ3n) is 0.109. The van der Waals surface area contributed by atoms with Gasteiger partial charge in [0.05, 0.1) is 0 Å². The first-order chi connectivity index (χ1) is 2.27. The normalized spacial score (nSPS) is 13.0. The van der Waals surface area contributed by atoms with Crippen LogP contribution in [0.25, 0.3) is 0 Å². The molecule has 0 N–H and O–H groups in total. The van der Waals surface area contributed by atoms with Crippen LogP contribution in [0.4, 0.5) is 4.32 Å². The Morgan fingerprint density at radius 3 is 2.75 bits per heavy atom. The Kier molecular flexibility index (Phi) is 2.27. The van der Waals surface area contributed by atoms with Gasteiger partial charge in [-0.05, 0) is 0 Å². The molecule has 24 valence electrons. The van der Waals surface area contributed by atoms with Gasteiger partial charge < -0.3 is 4.32 Å². The Bertz CT molecular complexity index is 25.6. The molecule has 0 saturated carbocycles. The first-order valence-corrected chi connectivity index (χ1v) is 2.58. The average molecular weight is 78.8 g/mol. The molecule has 0 nitrogen and oxygen atoms in total. The van der Waals surface area contributed by atoms with E-state index in [4.69, 9.17) is 1.34 Å². The summed E-state index contributed by atoms with van der Waals surface area (Å²) < 4.78 is 17.3. The van der Waals surface area contributed by atoms with Crippen molar-refractivity contribution in [1.29, 1.82) is 1.34 Å². The number of hydrogen-bond acceptors (Lipinski definition) is 0. The molecule has 4 heavy (non-hydrogen) atoms. The predicted octanol–water partition coefficient (Wildman–Crippen LogP) is 0.531. The molecule has 1 unspecified atom stereocenters. The Hall–Kier alpha value is 0.425. The predicted molar refractivity (Wildman–Crippen MR) is 22.5 cm³/mol. The summed E-state index contributed by atoms with van der Waals surface area (Å²) in [7, 11) is -1.22. The maximum atomic E-state index is 11.1. The van der Waals surface area contributed by atoms with Gasteiger partial charge in [0.1, 0.15) is 0 Å². The van der Waals surface area contributed by atoms with Crippen LogP contribution in [0.15, 0.2) is 0 Å². The molecule has 0 aliphatic carbocycles. The van der Waals surface area contributed by atoms with Crippen LogP contribution in [0.3, 0.4) is 0 Å². The zero-order valence-electron chi connectivity index (χ0n) is 3.46. The molecule has 0 spiro atoms. The van der Waals surface area contributed by atoms with Crippen molar-refractivity contribution < 1.29 is 4.32 Å². The Balaban J connectivity index is 2.54. The van der Waals surface area contributed by atoms with Gasteiger partial charge in [-0.2, -0.15) is 0 Å². The van der Waals surface area contributed by atoms with E-state index in [0.29, 0.717) is 0 Å². The van der Waals surface area contributed by atoms with Gasteiger partial charge in [0, 0.05) is 1.34 Å². The zero-order valence-corrected chi connectivity index (χ0v) is 3.46. The molecule has 0 aliphatic rings. The summed E-state index contributed by atoms with van der Waals surface area (Å²) in [5.41, 5.74) is 0. The van der Waals surface area contributed by atoms with Crippen molar-refractivity contribution in [2.45, 2.75) is 0 Å². The quantitative estimate of drug-likeness (QED) is 0.317. The van der Waals surface area contributed by atoms with Crippen LogP contribution >= 0.6 is 8.46 Å². The minimum Gasteiger partial charge on any atom is -0.335 e. The van der Waals surface area contributed by atoms with E-state index in [0.717, 1.165) is 0 Å². The van der Waals surface area contributed by atoms with E-state index < -0.39 is 7.24 Å². The highest BCUT2D eigenvalue weighted by atomic mass is 31.1. The SMILES string of the molecule is [2H]B(F)PC. The first kappa shape index (κ1) is 2.65.